The maximum atomic E-state index is 12.8. The Morgan fingerprint density at radius 3 is 2.76 bits per heavy atom. The lowest BCUT2D eigenvalue weighted by Gasteiger charge is -2.35. The fraction of sp³-hybridized carbons (Fsp3) is 0.688. The van der Waals surface area contributed by atoms with E-state index in [1.54, 1.807) is 6.20 Å². The molecule has 0 spiro atoms. The third kappa shape index (κ3) is 3.59. The Bertz CT molecular complexity index is 513. The van der Waals surface area contributed by atoms with E-state index in [-0.39, 0.29) is 17.9 Å². The normalized spacial score (nSPS) is 20.7. The molecule has 2 atom stereocenters. The fourth-order valence-corrected chi connectivity index (χ4v) is 2.89. The third-order valence-corrected chi connectivity index (χ3v) is 4.20. The average molecular weight is 290 g/mol. The molecule has 2 rings (SSSR count). The van der Waals surface area contributed by atoms with Gasteiger partial charge in [0.15, 0.2) is 0 Å². The van der Waals surface area contributed by atoms with E-state index < -0.39 is 0 Å². The Morgan fingerprint density at radius 2 is 2.14 bits per heavy atom. The van der Waals surface area contributed by atoms with Crippen molar-refractivity contribution >= 4 is 5.91 Å². The van der Waals surface area contributed by atoms with E-state index in [4.69, 9.17) is 5.73 Å². The smallest absolute Gasteiger partial charge is 0.257 e. The van der Waals surface area contributed by atoms with Crippen molar-refractivity contribution in [3.63, 3.8) is 0 Å². The lowest BCUT2D eigenvalue weighted by atomic mass is 9.91. The summed E-state index contributed by atoms with van der Waals surface area (Å²) < 4.78 is 0. The van der Waals surface area contributed by atoms with Gasteiger partial charge in [-0.05, 0) is 38.5 Å². The van der Waals surface area contributed by atoms with Crippen LogP contribution >= 0.6 is 0 Å². The monoisotopic (exact) mass is 290 g/mol. The van der Waals surface area contributed by atoms with Crippen LogP contribution in [-0.2, 0) is 0 Å². The van der Waals surface area contributed by atoms with Crippen LogP contribution < -0.4 is 5.73 Å². The zero-order valence-corrected chi connectivity index (χ0v) is 13.5. The van der Waals surface area contributed by atoms with E-state index in [9.17, 15) is 4.79 Å². The van der Waals surface area contributed by atoms with Crippen molar-refractivity contribution in [2.45, 2.75) is 52.5 Å². The van der Waals surface area contributed by atoms with Crippen molar-refractivity contribution in [2.24, 2.45) is 11.7 Å². The van der Waals surface area contributed by atoms with Gasteiger partial charge in [0.25, 0.3) is 5.91 Å². The van der Waals surface area contributed by atoms with Crippen LogP contribution in [0.2, 0.25) is 0 Å². The number of carbonyl (C=O) groups is 1. The number of carbonyl (C=O) groups excluding carboxylic acids is 1. The second-order valence-corrected chi connectivity index (χ2v) is 6.38. The lowest BCUT2D eigenvalue weighted by molar-refractivity contribution is 0.0658. The average Bonchev–Trinajstić information content (AvgIpc) is 2.46. The summed E-state index contributed by atoms with van der Waals surface area (Å²) in [7, 11) is 0. The molecule has 0 saturated carbocycles. The molecule has 1 aromatic heterocycles. The van der Waals surface area contributed by atoms with Gasteiger partial charge in [-0.3, -0.25) is 4.79 Å². The highest BCUT2D eigenvalue weighted by Gasteiger charge is 2.28. The van der Waals surface area contributed by atoms with Gasteiger partial charge in [-0.2, -0.15) is 0 Å². The number of aromatic nitrogens is 2. The number of hydrogen-bond acceptors (Lipinski definition) is 4. The lowest BCUT2D eigenvalue weighted by Crippen LogP contribution is -2.45. The Balaban J connectivity index is 2.23. The fourth-order valence-electron chi connectivity index (χ4n) is 2.89. The Labute approximate surface area is 127 Å². The first-order chi connectivity index (χ1) is 9.90. The van der Waals surface area contributed by atoms with Crippen molar-refractivity contribution in [2.75, 3.05) is 13.1 Å². The van der Waals surface area contributed by atoms with Gasteiger partial charge >= 0.3 is 0 Å². The predicted octanol–water partition coefficient (Wildman–Crippen LogP) is 2.11. The summed E-state index contributed by atoms with van der Waals surface area (Å²) in [5.41, 5.74) is 7.49. The number of aryl methyl sites for hydroxylation is 1. The molecule has 1 aromatic rings. The molecule has 1 saturated heterocycles. The second-order valence-electron chi connectivity index (χ2n) is 6.38. The largest absolute Gasteiger partial charge is 0.338 e. The van der Waals surface area contributed by atoms with Gasteiger partial charge in [-0.25, -0.2) is 9.97 Å². The molecule has 1 aliphatic heterocycles. The number of rotatable bonds is 3. The minimum Gasteiger partial charge on any atom is -0.338 e. The molecule has 21 heavy (non-hydrogen) atoms. The van der Waals surface area contributed by atoms with Crippen molar-refractivity contribution < 1.29 is 4.79 Å². The van der Waals surface area contributed by atoms with E-state index >= 15 is 0 Å². The van der Waals surface area contributed by atoms with Gasteiger partial charge in [-0.1, -0.05) is 13.8 Å². The molecule has 0 unspecified atom stereocenters. The molecule has 0 radical (unpaired) electrons. The summed E-state index contributed by atoms with van der Waals surface area (Å²) in [5.74, 6) is 1.35. The third-order valence-electron chi connectivity index (χ3n) is 4.20. The molecule has 1 aliphatic rings. The molecular weight excluding hydrogens is 264 g/mol. The maximum Gasteiger partial charge on any atom is 0.257 e. The van der Waals surface area contributed by atoms with Gasteiger partial charge < -0.3 is 10.6 Å². The highest BCUT2D eigenvalue weighted by Crippen LogP contribution is 2.23. The topological polar surface area (TPSA) is 72.1 Å². The first-order valence-electron chi connectivity index (χ1n) is 7.78. The molecule has 1 fully saturated rings. The van der Waals surface area contributed by atoms with Gasteiger partial charge in [0.05, 0.1) is 11.3 Å². The second kappa shape index (κ2) is 6.52. The minimum absolute atomic E-state index is 0.0454. The SMILES string of the molecule is Cc1ncc(C(=O)N2CCC[C@@H]([C@@H](C)N)C2)c(C(C)C)n1. The van der Waals surface area contributed by atoms with Crippen LogP contribution in [0.3, 0.4) is 0 Å². The highest BCUT2D eigenvalue weighted by molar-refractivity contribution is 5.95. The zero-order valence-electron chi connectivity index (χ0n) is 13.5. The number of piperidine rings is 1. The van der Waals surface area contributed by atoms with Crippen molar-refractivity contribution in [3.8, 4) is 0 Å². The summed E-state index contributed by atoms with van der Waals surface area (Å²) in [6.45, 7) is 9.52. The van der Waals surface area contributed by atoms with Crippen LogP contribution in [0.1, 0.15) is 61.4 Å². The van der Waals surface area contributed by atoms with Crippen LogP contribution in [0.15, 0.2) is 6.20 Å². The Kier molecular flexibility index (Phi) is 4.93. The Morgan fingerprint density at radius 1 is 1.43 bits per heavy atom. The van der Waals surface area contributed by atoms with Crippen LogP contribution in [0.5, 0.6) is 0 Å². The van der Waals surface area contributed by atoms with Crippen molar-refractivity contribution in [1.82, 2.24) is 14.9 Å². The van der Waals surface area contributed by atoms with Gasteiger partial charge in [0.1, 0.15) is 5.82 Å². The summed E-state index contributed by atoms with van der Waals surface area (Å²) in [6.07, 6.45) is 3.79. The molecule has 2 N–H and O–H groups in total. The molecular formula is C16H26N4O. The van der Waals surface area contributed by atoms with Crippen LogP contribution in [0.4, 0.5) is 0 Å². The van der Waals surface area contributed by atoms with Crippen molar-refractivity contribution in [3.05, 3.63) is 23.3 Å². The number of nitrogens with zero attached hydrogens (tertiary/aromatic N) is 3. The summed E-state index contributed by atoms with van der Waals surface area (Å²) in [6, 6.07) is 0.124. The van der Waals surface area contributed by atoms with Crippen LogP contribution in [0, 0.1) is 12.8 Å². The van der Waals surface area contributed by atoms with E-state index in [0.717, 1.165) is 31.6 Å². The van der Waals surface area contributed by atoms with Crippen molar-refractivity contribution in [1.29, 1.82) is 0 Å². The summed E-state index contributed by atoms with van der Waals surface area (Å²) in [4.78, 5) is 23.4. The zero-order chi connectivity index (χ0) is 15.6. The van der Waals surface area contributed by atoms with E-state index in [0.29, 0.717) is 17.3 Å². The quantitative estimate of drug-likeness (QED) is 0.925. The molecule has 116 valence electrons. The molecule has 0 aromatic carbocycles. The first-order valence-corrected chi connectivity index (χ1v) is 7.78. The molecule has 5 heteroatoms. The molecule has 1 amide bonds. The highest BCUT2D eigenvalue weighted by atomic mass is 16.2. The minimum atomic E-state index is 0.0454. The number of likely N-dealkylation sites (tertiary alicyclic amines) is 1. The summed E-state index contributed by atoms with van der Waals surface area (Å²) in [5, 5.41) is 0. The number of nitrogens with two attached hydrogens (primary N) is 1. The molecule has 0 bridgehead atoms. The number of hydrogen-bond donors (Lipinski definition) is 1. The van der Waals surface area contributed by atoms with E-state index in [2.05, 4.69) is 23.8 Å². The van der Waals surface area contributed by atoms with Gasteiger partial charge in [-0.15, -0.1) is 0 Å². The summed E-state index contributed by atoms with van der Waals surface area (Å²) >= 11 is 0. The van der Waals surface area contributed by atoms with E-state index in [1.165, 1.54) is 0 Å². The molecule has 5 nitrogen and oxygen atoms in total. The van der Waals surface area contributed by atoms with Gasteiger partial charge in [0, 0.05) is 25.3 Å². The standard InChI is InChI=1S/C16H26N4O/c1-10(2)15-14(8-18-12(4)19-15)16(21)20-7-5-6-13(9-20)11(3)17/h8,10-11,13H,5-7,9,17H2,1-4H3/t11-,13-/m1/s1. The maximum absolute atomic E-state index is 12.8. The first kappa shape index (κ1) is 15.9. The van der Waals surface area contributed by atoms with Crippen LogP contribution in [0.25, 0.3) is 0 Å². The van der Waals surface area contributed by atoms with E-state index in [1.807, 2.05) is 18.7 Å². The molecule has 2 heterocycles. The van der Waals surface area contributed by atoms with Gasteiger partial charge in [0.2, 0.25) is 0 Å². The van der Waals surface area contributed by atoms with Crippen LogP contribution in [-0.4, -0.2) is 39.9 Å². The number of amides is 1. The predicted molar refractivity (Wildman–Crippen MR) is 83.1 cm³/mol. The Hall–Kier alpha value is -1.49. The molecule has 0 aliphatic carbocycles.